The fourth-order valence-corrected chi connectivity index (χ4v) is 3.49. The number of phenols is 1. The van der Waals surface area contributed by atoms with E-state index in [4.69, 9.17) is 5.14 Å². The van der Waals surface area contributed by atoms with Gasteiger partial charge in [0.2, 0.25) is 0 Å². The van der Waals surface area contributed by atoms with Gasteiger partial charge < -0.3 is 5.11 Å². The number of aromatic hydroxyl groups is 1. The van der Waals surface area contributed by atoms with E-state index in [1.165, 1.54) is 11.9 Å². The van der Waals surface area contributed by atoms with Gasteiger partial charge in [-0.3, -0.25) is 5.14 Å². The Bertz CT molecular complexity index is 575. The van der Waals surface area contributed by atoms with E-state index in [-0.39, 0.29) is 5.75 Å². The second-order valence-electron chi connectivity index (χ2n) is 3.80. The van der Waals surface area contributed by atoms with E-state index in [1.54, 1.807) is 0 Å². The Morgan fingerprint density at radius 3 is 2.56 bits per heavy atom. The van der Waals surface area contributed by atoms with Crippen LogP contribution in [0.1, 0.15) is 11.1 Å². The first kappa shape index (κ1) is 13.9. The molecule has 5 heteroatoms. The predicted octanol–water partition coefficient (Wildman–Crippen LogP) is 4.47. The lowest BCUT2D eigenvalue weighted by Gasteiger charge is -2.10. The van der Waals surface area contributed by atoms with Gasteiger partial charge in [-0.15, -0.1) is 0 Å². The highest BCUT2D eigenvalue weighted by atomic mass is 79.9. The van der Waals surface area contributed by atoms with Crippen LogP contribution in [0.3, 0.4) is 0 Å². The van der Waals surface area contributed by atoms with Crippen LogP contribution in [0.5, 0.6) is 5.75 Å². The predicted molar refractivity (Wildman–Crippen MR) is 82.8 cm³/mol. The van der Waals surface area contributed by atoms with Crippen molar-refractivity contribution in [1.82, 2.24) is 0 Å². The van der Waals surface area contributed by atoms with E-state index in [0.717, 1.165) is 20.5 Å². The maximum absolute atomic E-state index is 10.0. The van der Waals surface area contributed by atoms with Crippen LogP contribution in [0.2, 0.25) is 0 Å². The molecule has 0 atom stereocenters. The molecular formula is C13H11Br2NOS. The molecule has 0 fully saturated rings. The second-order valence-corrected chi connectivity index (χ2v) is 6.24. The summed E-state index contributed by atoms with van der Waals surface area (Å²) in [7, 11) is 0. The number of rotatable bonds is 3. The van der Waals surface area contributed by atoms with Crippen LogP contribution in [-0.4, -0.2) is 5.11 Å². The van der Waals surface area contributed by atoms with Crippen molar-refractivity contribution in [3.05, 3.63) is 56.5 Å². The molecule has 0 heterocycles. The molecule has 2 nitrogen and oxygen atoms in total. The summed E-state index contributed by atoms with van der Waals surface area (Å²) >= 11 is 7.98. The van der Waals surface area contributed by atoms with Crippen LogP contribution in [0.25, 0.3) is 0 Å². The zero-order chi connectivity index (χ0) is 13.1. The average Bonchev–Trinajstić information content (AvgIpc) is 2.36. The van der Waals surface area contributed by atoms with Gasteiger partial charge in [-0.25, -0.2) is 0 Å². The molecule has 2 rings (SSSR count). The highest BCUT2D eigenvalue weighted by molar-refractivity contribution is 9.11. The van der Waals surface area contributed by atoms with Crippen molar-refractivity contribution in [1.29, 1.82) is 0 Å². The van der Waals surface area contributed by atoms with Crippen LogP contribution in [-0.2, 0) is 6.42 Å². The molecule has 0 amide bonds. The second kappa shape index (κ2) is 6.10. The van der Waals surface area contributed by atoms with Gasteiger partial charge in [0.25, 0.3) is 0 Å². The van der Waals surface area contributed by atoms with E-state index in [0.29, 0.717) is 10.9 Å². The van der Waals surface area contributed by atoms with Gasteiger partial charge in [-0.05, 0) is 51.6 Å². The van der Waals surface area contributed by atoms with Crippen LogP contribution in [0.15, 0.2) is 50.2 Å². The summed E-state index contributed by atoms with van der Waals surface area (Å²) in [6.07, 6.45) is 0.643. The quantitative estimate of drug-likeness (QED) is 0.762. The fraction of sp³-hybridized carbons (Fsp3) is 0.0769. The molecule has 94 valence electrons. The maximum Gasteiger partial charge on any atom is 0.133 e. The summed E-state index contributed by atoms with van der Waals surface area (Å²) in [5.74, 6) is 0.273. The normalized spacial score (nSPS) is 10.6. The van der Waals surface area contributed by atoms with Crippen molar-refractivity contribution in [2.75, 3.05) is 0 Å². The zero-order valence-corrected chi connectivity index (χ0v) is 13.3. The molecule has 3 N–H and O–H groups in total. The molecule has 18 heavy (non-hydrogen) atoms. The molecular weight excluding hydrogens is 378 g/mol. The van der Waals surface area contributed by atoms with Crippen LogP contribution >= 0.6 is 43.8 Å². The Morgan fingerprint density at radius 2 is 1.83 bits per heavy atom. The fourth-order valence-electron chi connectivity index (χ4n) is 1.72. The highest BCUT2D eigenvalue weighted by Crippen LogP contribution is 2.34. The minimum atomic E-state index is 0.273. The largest absolute Gasteiger partial charge is 0.506 e. The summed E-state index contributed by atoms with van der Waals surface area (Å²) in [5, 5.41) is 15.7. The van der Waals surface area contributed by atoms with Gasteiger partial charge in [-0.1, -0.05) is 34.1 Å². The summed E-state index contributed by atoms with van der Waals surface area (Å²) in [5.41, 5.74) is 1.96. The van der Waals surface area contributed by atoms with Crippen molar-refractivity contribution in [2.45, 2.75) is 11.3 Å². The minimum Gasteiger partial charge on any atom is -0.506 e. The molecule has 0 unspecified atom stereocenters. The third-order valence-electron chi connectivity index (χ3n) is 2.59. The number of phenolic OH excluding ortho intramolecular Hbond substituents is 1. The number of benzene rings is 2. The van der Waals surface area contributed by atoms with Crippen molar-refractivity contribution >= 4 is 43.8 Å². The molecule has 0 aromatic heterocycles. The monoisotopic (exact) mass is 387 g/mol. The van der Waals surface area contributed by atoms with E-state index in [9.17, 15) is 5.11 Å². The van der Waals surface area contributed by atoms with Crippen molar-refractivity contribution in [3.63, 3.8) is 0 Å². The average molecular weight is 389 g/mol. The lowest BCUT2D eigenvalue weighted by atomic mass is 10.0. The summed E-state index contributed by atoms with van der Waals surface area (Å²) < 4.78 is 1.62. The molecule has 0 bridgehead atoms. The maximum atomic E-state index is 10.0. The van der Waals surface area contributed by atoms with Crippen LogP contribution < -0.4 is 5.14 Å². The SMILES string of the molecule is NSc1ccccc1Cc1cc(Br)cc(Br)c1O. The lowest BCUT2D eigenvalue weighted by Crippen LogP contribution is -1.94. The van der Waals surface area contributed by atoms with Crippen LogP contribution in [0, 0.1) is 0 Å². The van der Waals surface area contributed by atoms with E-state index < -0.39 is 0 Å². The summed E-state index contributed by atoms with van der Waals surface area (Å²) in [6.45, 7) is 0. The first-order chi connectivity index (χ1) is 8.61. The van der Waals surface area contributed by atoms with Crippen molar-refractivity contribution < 1.29 is 5.11 Å². The Balaban J connectivity index is 2.40. The van der Waals surface area contributed by atoms with Gasteiger partial charge in [0.05, 0.1) is 4.47 Å². The summed E-state index contributed by atoms with van der Waals surface area (Å²) in [6, 6.07) is 11.7. The van der Waals surface area contributed by atoms with E-state index >= 15 is 0 Å². The number of hydrogen-bond acceptors (Lipinski definition) is 3. The first-order valence-corrected chi connectivity index (χ1v) is 7.70. The van der Waals surface area contributed by atoms with Crippen molar-refractivity contribution in [2.24, 2.45) is 5.14 Å². The topological polar surface area (TPSA) is 46.2 Å². The minimum absolute atomic E-state index is 0.273. The van der Waals surface area contributed by atoms with E-state index in [1.807, 2.05) is 36.4 Å². The summed E-state index contributed by atoms with van der Waals surface area (Å²) in [4.78, 5) is 1.02. The molecule has 0 aliphatic rings. The molecule has 0 radical (unpaired) electrons. The third kappa shape index (κ3) is 3.09. The van der Waals surface area contributed by atoms with Gasteiger partial charge in [0.1, 0.15) is 5.75 Å². The highest BCUT2D eigenvalue weighted by Gasteiger charge is 2.10. The van der Waals surface area contributed by atoms with Gasteiger partial charge in [-0.2, -0.15) is 0 Å². The Hall–Kier alpha value is -0.490. The molecule has 2 aromatic carbocycles. The molecule has 0 saturated carbocycles. The Morgan fingerprint density at radius 1 is 1.11 bits per heavy atom. The Labute approximate surface area is 127 Å². The molecule has 2 aromatic rings. The van der Waals surface area contributed by atoms with Gasteiger partial charge in [0, 0.05) is 21.4 Å². The number of halogens is 2. The first-order valence-electron chi connectivity index (χ1n) is 5.23. The molecule has 0 aliphatic heterocycles. The Kier molecular flexibility index (Phi) is 4.72. The van der Waals surface area contributed by atoms with Crippen molar-refractivity contribution in [3.8, 4) is 5.75 Å². The molecule has 0 spiro atoms. The van der Waals surface area contributed by atoms with Gasteiger partial charge >= 0.3 is 0 Å². The molecule has 0 aliphatic carbocycles. The zero-order valence-electron chi connectivity index (χ0n) is 9.36. The number of hydrogen-bond donors (Lipinski definition) is 2. The van der Waals surface area contributed by atoms with Crippen LogP contribution in [0.4, 0.5) is 0 Å². The van der Waals surface area contributed by atoms with Gasteiger partial charge in [0.15, 0.2) is 0 Å². The molecule has 0 saturated heterocycles. The lowest BCUT2D eigenvalue weighted by molar-refractivity contribution is 0.465. The smallest absolute Gasteiger partial charge is 0.133 e. The standard InChI is InChI=1S/C13H11Br2NOS/c14-10-6-9(13(17)11(15)7-10)5-8-3-1-2-4-12(8)18-16/h1-4,6-7,17H,5,16H2. The third-order valence-corrected chi connectivity index (χ3v) is 4.30. The number of nitrogens with two attached hydrogens (primary N) is 1. The van der Waals surface area contributed by atoms with E-state index in [2.05, 4.69) is 31.9 Å².